The summed E-state index contributed by atoms with van der Waals surface area (Å²) in [5.41, 5.74) is 1.09. The molecular weight excluding hydrogens is 260 g/mol. The molecule has 2 heterocycles. The topological polar surface area (TPSA) is 75.7 Å². The Morgan fingerprint density at radius 1 is 1.25 bits per heavy atom. The fraction of sp³-hybridized carbons (Fsp3) is 0.429. The first kappa shape index (κ1) is 12.9. The van der Waals surface area contributed by atoms with E-state index in [-0.39, 0.29) is 5.56 Å². The first-order valence-electron chi connectivity index (χ1n) is 6.74. The van der Waals surface area contributed by atoms with Crippen molar-refractivity contribution >= 4 is 17.1 Å². The molecule has 6 nitrogen and oxygen atoms in total. The highest BCUT2D eigenvalue weighted by molar-refractivity contribution is 5.91. The SMILES string of the molecule is O=C(O)c1ccc2c(c1)oc(=O)n2CN1CCCCC1. The van der Waals surface area contributed by atoms with Gasteiger partial charge in [0.25, 0.3) is 0 Å². The van der Waals surface area contributed by atoms with Crippen LogP contribution in [0.4, 0.5) is 0 Å². The van der Waals surface area contributed by atoms with Crippen LogP contribution in [0.2, 0.25) is 0 Å². The number of nitrogens with zero attached hydrogens (tertiary/aromatic N) is 2. The molecule has 0 saturated carbocycles. The molecule has 0 bridgehead atoms. The minimum Gasteiger partial charge on any atom is -0.478 e. The number of carboxylic acid groups (broad SMARTS) is 1. The van der Waals surface area contributed by atoms with Crippen LogP contribution in [0, 0.1) is 0 Å². The van der Waals surface area contributed by atoms with Crippen molar-refractivity contribution in [3.8, 4) is 0 Å². The van der Waals surface area contributed by atoms with Crippen molar-refractivity contribution in [1.29, 1.82) is 0 Å². The maximum Gasteiger partial charge on any atom is 0.421 e. The Hall–Kier alpha value is -2.08. The van der Waals surface area contributed by atoms with Crippen LogP contribution in [0.15, 0.2) is 27.4 Å². The Morgan fingerprint density at radius 2 is 2.00 bits per heavy atom. The van der Waals surface area contributed by atoms with Crippen LogP contribution in [-0.4, -0.2) is 33.6 Å². The zero-order chi connectivity index (χ0) is 14.1. The number of hydrogen-bond donors (Lipinski definition) is 1. The average Bonchev–Trinajstić information content (AvgIpc) is 2.75. The van der Waals surface area contributed by atoms with E-state index < -0.39 is 11.7 Å². The molecule has 0 atom stereocenters. The Balaban J connectivity index is 1.96. The lowest BCUT2D eigenvalue weighted by molar-refractivity contribution is 0.0697. The van der Waals surface area contributed by atoms with Gasteiger partial charge >= 0.3 is 11.7 Å². The molecule has 1 saturated heterocycles. The monoisotopic (exact) mass is 276 g/mol. The molecule has 6 heteroatoms. The summed E-state index contributed by atoms with van der Waals surface area (Å²) in [7, 11) is 0. The molecule has 106 valence electrons. The Morgan fingerprint density at radius 3 is 2.70 bits per heavy atom. The second-order valence-corrected chi connectivity index (χ2v) is 5.10. The molecular formula is C14H16N2O4. The number of aromatic nitrogens is 1. The van der Waals surface area contributed by atoms with E-state index in [0.29, 0.717) is 17.8 Å². The van der Waals surface area contributed by atoms with Gasteiger partial charge in [-0.1, -0.05) is 6.42 Å². The fourth-order valence-corrected chi connectivity index (χ4v) is 2.63. The van der Waals surface area contributed by atoms with E-state index in [4.69, 9.17) is 9.52 Å². The predicted molar refractivity (Wildman–Crippen MR) is 72.9 cm³/mol. The van der Waals surface area contributed by atoms with Crippen LogP contribution in [0.3, 0.4) is 0 Å². The predicted octanol–water partition coefficient (Wildman–Crippen LogP) is 1.74. The summed E-state index contributed by atoms with van der Waals surface area (Å²) in [5, 5.41) is 8.95. The summed E-state index contributed by atoms with van der Waals surface area (Å²) in [6.07, 6.45) is 3.53. The second kappa shape index (κ2) is 5.13. The van der Waals surface area contributed by atoms with Gasteiger partial charge in [0, 0.05) is 0 Å². The van der Waals surface area contributed by atoms with Gasteiger partial charge in [0.1, 0.15) is 0 Å². The number of aromatic carboxylic acids is 1. The van der Waals surface area contributed by atoms with E-state index >= 15 is 0 Å². The molecule has 0 spiro atoms. The lowest BCUT2D eigenvalue weighted by Gasteiger charge is -2.26. The number of carboxylic acids is 1. The largest absolute Gasteiger partial charge is 0.478 e. The van der Waals surface area contributed by atoms with Gasteiger partial charge in [-0.05, 0) is 44.1 Å². The van der Waals surface area contributed by atoms with Crippen molar-refractivity contribution in [2.24, 2.45) is 0 Å². The van der Waals surface area contributed by atoms with Crippen molar-refractivity contribution in [3.63, 3.8) is 0 Å². The summed E-state index contributed by atoms with van der Waals surface area (Å²) in [4.78, 5) is 25.0. The number of oxazole rings is 1. The highest BCUT2D eigenvalue weighted by Gasteiger charge is 2.16. The first-order chi connectivity index (χ1) is 9.65. The maximum absolute atomic E-state index is 11.9. The molecule has 3 rings (SSSR count). The number of carbonyl (C=O) groups is 1. The van der Waals surface area contributed by atoms with Crippen LogP contribution < -0.4 is 5.76 Å². The van der Waals surface area contributed by atoms with E-state index in [1.165, 1.54) is 18.6 Å². The number of rotatable bonds is 3. The molecule has 0 amide bonds. The van der Waals surface area contributed by atoms with Gasteiger partial charge in [-0.3, -0.25) is 9.47 Å². The summed E-state index contributed by atoms with van der Waals surface area (Å²) >= 11 is 0. The minimum absolute atomic E-state index is 0.122. The van der Waals surface area contributed by atoms with E-state index in [1.807, 2.05) is 0 Å². The van der Waals surface area contributed by atoms with Crippen LogP contribution in [0.25, 0.3) is 11.1 Å². The third-order valence-corrected chi connectivity index (χ3v) is 3.71. The van der Waals surface area contributed by atoms with Crippen LogP contribution in [-0.2, 0) is 6.67 Å². The van der Waals surface area contributed by atoms with Crippen molar-refractivity contribution in [2.75, 3.05) is 13.1 Å². The van der Waals surface area contributed by atoms with E-state index in [9.17, 15) is 9.59 Å². The van der Waals surface area contributed by atoms with Crippen LogP contribution >= 0.6 is 0 Å². The smallest absolute Gasteiger partial charge is 0.421 e. The zero-order valence-electron chi connectivity index (χ0n) is 11.0. The standard InChI is InChI=1S/C14H16N2O4/c17-13(18)10-4-5-11-12(8-10)20-14(19)16(11)9-15-6-2-1-3-7-15/h4-5,8H,1-3,6-7,9H2,(H,17,18). The highest BCUT2D eigenvalue weighted by Crippen LogP contribution is 2.17. The van der Waals surface area contributed by atoms with Gasteiger partial charge < -0.3 is 9.52 Å². The fourth-order valence-electron chi connectivity index (χ4n) is 2.63. The summed E-state index contributed by atoms with van der Waals surface area (Å²) in [5.74, 6) is -1.47. The van der Waals surface area contributed by atoms with Gasteiger partial charge in [-0.15, -0.1) is 0 Å². The normalized spacial score (nSPS) is 16.6. The van der Waals surface area contributed by atoms with Crippen molar-refractivity contribution < 1.29 is 14.3 Å². The summed E-state index contributed by atoms with van der Waals surface area (Å²) in [6, 6.07) is 4.52. The molecule has 1 aliphatic rings. The molecule has 1 aromatic heterocycles. The number of hydrogen-bond acceptors (Lipinski definition) is 4. The third kappa shape index (κ3) is 2.34. The first-order valence-corrected chi connectivity index (χ1v) is 6.74. The van der Waals surface area contributed by atoms with Crippen molar-refractivity contribution in [2.45, 2.75) is 25.9 Å². The average molecular weight is 276 g/mol. The van der Waals surface area contributed by atoms with E-state index in [0.717, 1.165) is 25.9 Å². The van der Waals surface area contributed by atoms with Gasteiger partial charge in [-0.25, -0.2) is 9.59 Å². The quantitative estimate of drug-likeness (QED) is 0.924. The minimum atomic E-state index is -1.03. The molecule has 0 unspecified atom stereocenters. The van der Waals surface area contributed by atoms with Crippen LogP contribution in [0.5, 0.6) is 0 Å². The Kier molecular flexibility index (Phi) is 3.31. The van der Waals surface area contributed by atoms with E-state index in [1.54, 1.807) is 10.6 Å². The van der Waals surface area contributed by atoms with Gasteiger partial charge in [0.05, 0.1) is 17.7 Å². The molecule has 0 radical (unpaired) electrons. The molecule has 1 fully saturated rings. The van der Waals surface area contributed by atoms with E-state index in [2.05, 4.69) is 4.90 Å². The Bertz CT molecular complexity index is 695. The molecule has 1 N–H and O–H groups in total. The van der Waals surface area contributed by atoms with Gasteiger partial charge in [0.2, 0.25) is 0 Å². The molecule has 0 aliphatic carbocycles. The van der Waals surface area contributed by atoms with Crippen molar-refractivity contribution in [3.05, 3.63) is 34.3 Å². The third-order valence-electron chi connectivity index (χ3n) is 3.71. The molecule has 1 aromatic carbocycles. The lowest BCUT2D eigenvalue weighted by atomic mass is 10.1. The summed E-state index contributed by atoms with van der Waals surface area (Å²) < 4.78 is 6.71. The number of benzene rings is 1. The maximum atomic E-state index is 11.9. The zero-order valence-corrected chi connectivity index (χ0v) is 11.0. The highest BCUT2D eigenvalue weighted by atomic mass is 16.4. The summed E-state index contributed by atoms with van der Waals surface area (Å²) in [6.45, 7) is 2.46. The number of likely N-dealkylation sites (tertiary alicyclic amines) is 1. The van der Waals surface area contributed by atoms with Crippen molar-refractivity contribution in [1.82, 2.24) is 9.47 Å². The van der Waals surface area contributed by atoms with Crippen LogP contribution in [0.1, 0.15) is 29.6 Å². The Labute approximate surface area is 115 Å². The lowest BCUT2D eigenvalue weighted by Crippen LogP contribution is -2.34. The second-order valence-electron chi connectivity index (χ2n) is 5.10. The van der Waals surface area contributed by atoms with Gasteiger partial charge in [0.15, 0.2) is 5.58 Å². The molecule has 1 aliphatic heterocycles. The number of fused-ring (bicyclic) bond motifs is 1. The molecule has 2 aromatic rings. The molecule has 20 heavy (non-hydrogen) atoms. The number of piperidine rings is 1. The van der Waals surface area contributed by atoms with Gasteiger partial charge in [-0.2, -0.15) is 0 Å².